The smallest absolute Gasteiger partial charge is 0.168 e. The molecule has 66 valence electrons. The number of hydrogen-bond acceptors (Lipinski definition) is 3. The summed E-state index contributed by atoms with van der Waals surface area (Å²) in [7, 11) is 1.55. The highest BCUT2D eigenvalue weighted by molar-refractivity contribution is 8.00. The SMILES string of the molecule is CCC(C)SCC(=O)COC. The first-order valence-corrected chi connectivity index (χ1v) is 4.87. The molecule has 0 aromatic carbocycles. The van der Waals surface area contributed by atoms with Gasteiger partial charge in [-0.05, 0) is 6.42 Å². The average molecular weight is 176 g/mol. The minimum atomic E-state index is 0.179. The van der Waals surface area contributed by atoms with Crippen molar-refractivity contribution in [1.29, 1.82) is 0 Å². The first kappa shape index (κ1) is 11.0. The van der Waals surface area contributed by atoms with Gasteiger partial charge in [0.15, 0.2) is 5.78 Å². The Balaban J connectivity index is 3.30. The van der Waals surface area contributed by atoms with Gasteiger partial charge in [0, 0.05) is 12.4 Å². The largest absolute Gasteiger partial charge is 0.377 e. The van der Waals surface area contributed by atoms with Crippen LogP contribution < -0.4 is 0 Å². The Morgan fingerprint density at radius 3 is 2.73 bits per heavy atom. The van der Waals surface area contributed by atoms with Crippen LogP contribution in [0.3, 0.4) is 0 Å². The second kappa shape index (κ2) is 6.68. The molecule has 0 aliphatic carbocycles. The standard InChI is InChI=1S/C8H16O2S/c1-4-7(2)11-6-8(9)5-10-3/h7H,4-6H2,1-3H3. The average Bonchev–Trinajstić information content (AvgIpc) is 2.01. The minimum Gasteiger partial charge on any atom is -0.377 e. The maximum atomic E-state index is 10.9. The molecule has 1 unspecified atom stereocenters. The van der Waals surface area contributed by atoms with Gasteiger partial charge in [0.1, 0.15) is 6.61 Å². The molecule has 0 radical (unpaired) electrons. The molecule has 0 aliphatic heterocycles. The van der Waals surface area contributed by atoms with Crippen molar-refractivity contribution < 1.29 is 9.53 Å². The van der Waals surface area contributed by atoms with Gasteiger partial charge >= 0.3 is 0 Å². The summed E-state index contributed by atoms with van der Waals surface area (Å²) in [6.07, 6.45) is 1.12. The molecule has 0 saturated heterocycles. The Morgan fingerprint density at radius 1 is 1.64 bits per heavy atom. The molecule has 0 N–H and O–H groups in total. The highest BCUT2D eigenvalue weighted by Gasteiger charge is 2.04. The summed E-state index contributed by atoms with van der Waals surface area (Å²) in [5.74, 6) is 0.765. The normalized spacial score (nSPS) is 13.0. The van der Waals surface area contributed by atoms with Crippen molar-refractivity contribution >= 4 is 17.5 Å². The van der Waals surface area contributed by atoms with E-state index in [4.69, 9.17) is 4.74 Å². The third kappa shape index (κ3) is 6.38. The lowest BCUT2D eigenvalue weighted by atomic mass is 10.4. The van der Waals surface area contributed by atoms with Gasteiger partial charge in [-0.3, -0.25) is 4.79 Å². The second-order valence-corrected chi connectivity index (χ2v) is 3.93. The van der Waals surface area contributed by atoms with Gasteiger partial charge in [-0.15, -0.1) is 0 Å². The van der Waals surface area contributed by atoms with Crippen LogP contribution in [0.4, 0.5) is 0 Å². The van der Waals surface area contributed by atoms with Gasteiger partial charge in [-0.25, -0.2) is 0 Å². The summed E-state index contributed by atoms with van der Waals surface area (Å²) < 4.78 is 4.71. The van der Waals surface area contributed by atoms with Crippen LogP contribution in [0.25, 0.3) is 0 Å². The predicted molar refractivity (Wildman–Crippen MR) is 49.1 cm³/mol. The third-order valence-corrected chi connectivity index (χ3v) is 2.80. The van der Waals surface area contributed by atoms with Gasteiger partial charge in [0.2, 0.25) is 0 Å². The number of carbonyl (C=O) groups is 1. The molecule has 1 atom stereocenters. The maximum Gasteiger partial charge on any atom is 0.168 e. The second-order valence-electron chi connectivity index (χ2n) is 2.50. The molecular weight excluding hydrogens is 160 g/mol. The van der Waals surface area contributed by atoms with Crippen molar-refractivity contribution in [2.75, 3.05) is 19.5 Å². The zero-order chi connectivity index (χ0) is 8.69. The fourth-order valence-corrected chi connectivity index (χ4v) is 1.35. The molecule has 0 spiro atoms. The van der Waals surface area contributed by atoms with E-state index < -0.39 is 0 Å². The first-order valence-electron chi connectivity index (χ1n) is 3.83. The number of methoxy groups -OCH3 is 1. The molecular formula is C8H16O2S. The Kier molecular flexibility index (Phi) is 6.66. The number of Topliss-reactive ketones (excluding diaryl/α,β-unsaturated/α-hetero) is 1. The Hall–Kier alpha value is -0.0200. The lowest BCUT2D eigenvalue weighted by molar-refractivity contribution is -0.120. The van der Waals surface area contributed by atoms with Crippen molar-refractivity contribution in [3.05, 3.63) is 0 Å². The Labute approximate surface area is 72.7 Å². The van der Waals surface area contributed by atoms with Crippen LogP contribution >= 0.6 is 11.8 Å². The zero-order valence-corrected chi connectivity index (χ0v) is 8.24. The van der Waals surface area contributed by atoms with Gasteiger partial charge < -0.3 is 4.74 Å². The van der Waals surface area contributed by atoms with Crippen molar-refractivity contribution in [2.45, 2.75) is 25.5 Å². The van der Waals surface area contributed by atoms with Gasteiger partial charge in [-0.2, -0.15) is 11.8 Å². The van der Waals surface area contributed by atoms with E-state index in [0.717, 1.165) is 6.42 Å². The fourth-order valence-electron chi connectivity index (χ4n) is 0.556. The number of rotatable bonds is 6. The van der Waals surface area contributed by atoms with E-state index in [-0.39, 0.29) is 12.4 Å². The number of hydrogen-bond donors (Lipinski definition) is 0. The summed E-state index contributed by atoms with van der Waals surface area (Å²) >= 11 is 1.69. The van der Waals surface area contributed by atoms with Crippen molar-refractivity contribution in [1.82, 2.24) is 0 Å². The molecule has 0 rings (SSSR count). The fraction of sp³-hybridized carbons (Fsp3) is 0.875. The summed E-state index contributed by atoms with van der Waals surface area (Å²) in [6, 6.07) is 0. The van der Waals surface area contributed by atoms with Crippen LogP contribution in [0.2, 0.25) is 0 Å². The highest BCUT2D eigenvalue weighted by Crippen LogP contribution is 2.12. The molecule has 2 nitrogen and oxygen atoms in total. The predicted octanol–water partition coefficient (Wildman–Crippen LogP) is 1.73. The molecule has 0 aromatic heterocycles. The Bertz CT molecular complexity index is 115. The summed E-state index contributed by atoms with van der Waals surface area (Å²) in [5.41, 5.74) is 0. The molecule has 0 fully saturated rings. The van der Waals surface area contributed by atoms with Crippen LogP contribution in [0.15, 0.2) is 0 Å². The van der Waals surface area contributed by atoms with Gasteiger partial charge in [-0.1, -0.05) is 13.8 Å². The summed E-state index contributed by atoms with van der Waals surface area (Å²) in [6.45, 7) is 4.51. The molecule has 0 aromatic rings. The monoisotopic (exact) mass is 176 g/mol. The number of ketones is 1. The van der Waals surface area contributed by atoms with E-state index in [1.165, 1.54) is 0 Å². The minimum absolute atomic E-state index is 0.179. The third-order valence-electron chi connectivity index (χ3n) is 1.41. The number of carbonyl (C=O) groups excluding carboxylic acids is 1. The molecule has 0 aliphatic rings. The van der Waals surface area contributed by atoms with Gasteiger partial charge in [0.05, 0.1) is 5.75 Å². The molecule has 0 bridgehead atoms. The Morgan fingerprint density at radius 2 is 2.27 bits per heavy atom. The van der Waals surface area contributed by atoms with E-state index in [1.807, 2.05) is 0 Å². The number of thioether (sulfide) groups is 1. The van der Waals surface area contributed by atoms with E-state index >= 15 is 0 Å². The quantitative estimate of drug-likeness (QED) is 0.616. The lowest BCUT2D eigenvalue weighted by Gasteiger charge is -2.05. The van der Waals surface area contributed by atoms with E-state index in [0.29, 0.717) is 11.0 Å². The molecule has 0 saturated carbocycles. The van der Waals surface area contributed by atoms with Crippen LogP contribution in [-0.4, -0.2) is 30.5 Å². The summed E-state index contributed by atoms with van der Waals surface area (Å²) in [5, 5.41) is 0.579. The first-order chi connectivity index (χ1) is 5.20. The van der Waals surface area contributed by atoms with Crippen molar-refractivity contribution in [3.8, 4) is 0 Å². The zero-order valence-electron chi connectivity index (χ0n) is 7.42. The van der Waals surface area contributed by atoms with Crippen molar-refractivity contribution in [3.63, 3.8) is 0 Å². The molecule has 3 heteroatoms. The van der Waals surface area contributed by atoms with E-state index in [2.05, 4.69) is 13.8 Å². The molecule has 11 heavy (non-hydrogen) atoms. The van der Waals surface area contributed by atoms with E-state index in [9.17, 15) is 4.79 Å². The summed E-state index contributed by atoms with van der Waals surface area (Å²) in [4.78, 5) is 10.9. The van der Waals surface area contributed by atoms with Crippen LogP contribution in [0.5, 0.6) is 0 Å². The van der Waals surface area contributed by atoms with Crippen LogP contribution in [-0.2, 0) is 9.53 Å². The number of ether oxygens (including phenoxy) is 1. The topological polar surface area (TPSA) is 26.3 Å². The van der Waals surface area contributed by atoms with E-state index in [1.54, 1.807) is 18.9 Å². The maximum absolute atomic E-state index is 10.9. The lowest BCUT2D eigenvalue weighted by Crippen LogP contribution is -2.11. The van der Waals surface area contributed by atoms with Crippen molar-refractivity contribution in [2.24, 2.45) is 0 Å². The molecule has 0 heterocycles. The van der Waals surface area contributed by atoms with Crippen LogP contribution in [0.1, 0.15) is 20.3 Å². The van der Waals surface area contributed by atoms with Crippen LogP contribution in [0, 0.1) is 0 Å². The highest BCUT2D eigenvalue weighted by atomic mass is 32.2. The molecule has 0 amide bonds. The van der Waals surface area contributed by atoms with Gasteiger partial charge in [0.25, 0.3) is 0 Å².